The quantitative estimate of drug-likeness (QED) is 0.779. The van der Waals surface area contributed by atoms with Crippen LogP contribution in [0.2, 0.25) is 0 Å². The van der Waals surface area contributed by atoms with Crippen LogP contribution in [0.25, 0.3) is 0 Å². The second kappa shape index (κ2) is 7.97. The first-order valence-electron chi connectivity index (χ1n) is 7.46. The minimum absolute atomic E-state index is 0.461. The number of nitriles is 1. The molecule has 122 valence electrons. The molecule has 1 saturated heterocycles. The van der Waals surface area contributed by atoms with E-state index in [0.29, 0.717) is 26.2 Å². The van der Waals surface area contributed by atoms with Crippen LogP contribution < -0.4 is 5.32 Å². The lowest BCUT2D eigenvalue weighted by molar-refractivity contribution is -0.149. The predicted octanol–water partition coefficient (Wildman–Crippen LogP) is 1.84. The summed E-state index contributed by atoms with van der Waals surface area (Å²) in [5, 5.41) is 12.3. The molecule has 0 aromatic heterocycles. The fraction of sp³-hybridized carbons (Fsp3) is 0.929. The molecule has 0 aromatic rings. The average Bonchev–Trinajstić information content (AvgIpc) is 2.39. The van der Waals surface area contributed by atoms with E-state index >= 15 is 0 Å². The number of rotatable bonds is 7. The van der Waals surface area contributed by atoms with Gasteiger partial charge >= 0.3 is 6.18 Å². The van der Waals surface area contributed by atoms with Crippen molar-refractivity contribution in [1.29, 1.82) is 5.26 Å². The van der Waals surface area contributed by atoms with Crippen molar-refractivity contribution in [2.24, 2.45) is 0 Å². The highest BCUT2D eigenvalue weighted by atomic mass is 19.4. The summed E-state index contributed by atoms with van der Waals surface area (Å²) >= 11 is 0. The van der Waals surface area contributed by atoms with Gasteiger partial charge in [-0.1, -0.05) is 6.92 Å². The summed E-state index contributed by atoms with van der Waals surface area (Å²) in [6.07, 6.45) is -2.49. The number of alkyl halides is 3. The van der Waals surface area contributed by atoms with E-state index in [2.05, 4.69) is 16.3 Å². The van der Waals surface area contributed by atoms with Crippen LogP contribution in [0, 0.1) is 11.3 Å². The Balaban J connectivity index is 2.23. The molecule has 0 aromatic carbocycles. The molecule has 1 fully saturated rings. The van der Waals surface area contributed by atoms with Crippen molar-refractivity contribution in [2.75, 3.05) is 45.8 Å². The summed E-state index contributed by atoms with van der Waals surface area (Å²) in [5.41, 5.74) is -0.507. The van der Waals surface area contributed by atoms with Crippen LogP contribution in [0.15, 0.2) is 0 Å². The van der Waals surface area contributed by atoms with E-state index in [9.17, 15) is 13.2 Å². The number of nitrogens with zero attached hydrogens (tertiary/aromatic N) is 3. The molecule has 0 spiro atoms. The van der Waals surface area contributed by atoms with Crippen molar-refractivity contribution in [2.45, 2.75) is 38.4 Å². The van der Waals surface area contributed by atoms with Gasteiger partial charge in [-0.3, -0.25) is 10.2 Å². The molecule has 1 atom stereocenters. The van der Waals surface area contributed by atoms with Crippen molar-refractivity contribution in [1.82, 2.24) is 15.1 Å². The first-order chi connectivity index (χ1) is 9.78. The van der Waals surface area contributed by atoms with Crippen LogP contribution in [0.4, 0.5) is 13.2 Å². The molecule has 0 saturated carbocycles. The summed E-state index contributed by atoms with van der Waals surface area (Å²) in [6.45, 7) is 6.88. The van der Waals surface area contributed by atoms with Gasteiger partial charge in [0.1, 0.15) is 5.54 Å². The molecule has 1 aliphatic rings. The fourth-order valence-electron chi connectivity index (χ4n) is 2.65. The molecule has 0 amide bonds. The maximum atomic E-state index is 12.3. The number of hydrogen-bond acceptors (Lipinski definition) is 4. The molecule has 21 heavy (non-hydrogen) atoms. The Kier molecular flexibility index (Phi) is 6.91. The van der Waals surface area contributed by atoms with Crippen LogP contribution in [-0.2, 0) is 0 Å². The lowest BCUT2D eigenvalue weighted by Gasteiger charge is -2.35. The predicted molar refractivity (Wildman–Crippen MR) is 75.9 cm³/mol. The van der Waals surface area contributed by atoms with Crippen molar-refractivity contribution in [3.63, 3.8) is 0 Å². The zero-order chi connectivity index (χ0) is 15.9. The van der Waals surface area contributed by atoms with Crippen molar-refractivity contribution < 1.29 is 13.2 Å². The van der Waals surface area contributed by atoms with Gasteiger partial charge in [-0.05, 0) is 32.9 Å². The van der Waals surface area contributed by atoms with Crippen molar-refractivity contribution in [3.8, 4) is 6.07 Å². The Bertz CT molecular complexity index is 345. The second-order valence-electron chi connectivity index (χ2n) is 5.81. The summed E-state index contributed by atoms with van der Waals surface area (Å²) in [5.74, 6) is 0. The molecule has 0 aliphatic carbocycles. The SMILES string of the molecule is CCNC(C)(C#N)CCCN1CCN(CC(F)(F)F)CC1. The van der Waals surface area contributed by atoms with Gasteiger partial charge in [0.15, 0.2) is 0 Å². The zero-order valence-corrected chi connectivity index (χ0v) is 12.8. The van der Waals surface area contributed by atoms with Gasteiger partial charge in [-0.15, -0.1) is 0 Å². The topological polar surface area (TPSA) is 42.3 Å². The maximum Gasteiger partial charge on any atom is 0.401 e. The van der Waals surface area contributed by atoms with Gasteiger partial charge in [-0.2, -0.15) is 18.4 Å². The zero-order valence-electron chi connectivity index (χ0n) is 12.8. The van der Waals surface area contributed by atoms with Crippen molar-refractivity contribution >= 4 is 0 Å². The molecule has 7 heteroatoms. The highest BCUT2D eigenvalue weighted by molar-refractivity contribution is 5.03. The smallest absolute Gasteiger partial charge is 0.301 e. The Morgan fingerprint density at radius 1 is 1.14 bits per heavy atom. The molecule has 1 heterocycles. The third-order valence-electron chi connectivity index (χ3n) is 3.83. The average molecular weight is 306 g/mol. The van der Waals surface area contributed by atoms with Crippen LogP contribution in [0.5, 0.6) is 0 Å². The Hall–Kier alpha value is -0.840. The molecule has 0 bridgehead atoms. The lowest BCUT2D eigenvalue weighted by atomic mass is 9.97. The highest BCUT2D eigenvalue weighted by Gasteiger charge is 2.32. The van der Waals surface area contributed by atoms with Gasteiger partial charge in [-0.25, -0.2) is 0 Å². The first kappa shape index (κ1) is 18.2. The molecule has 1 aliphatic heterocycles. The Morgan fingerprint density at radius 2 is 1.71 bits per heavy atom. The largest absolute Gasteiger partial charge is 0.401 e. The van der Waals surface area contributed by atoms with Gasteiger partial charge < -0.3 is 4.90 Å². The summed E-state index contributed by atoms with van der Waals surface area (Å²) in [7, 11) is 0. The standard InChI is InChI=1S/C14H25F3N4/c1-3-19-13(2,11-18)5-4-6-20-7-9-21(10-8-20)12-14(15,16)17/h19H,3-10,12H2,1-2H3. The van der Waals surface area contributed by atoms with Crippen LogP contribution in [0.1, 0.15) is 26.7 Å². The third kappa shape index (κ3) is 7.11. The van der Waals surface area contributed by atoms with Gasteiger partial charge in [0.05, 0.1) is 12.6 Å². The van der Waals surface area contributed by atoms with E-state index in [1.165, 1.54) is 4.90 Å². The lowest BCUT2D eigenvalue weighted by Crippen LogP contribution is -2.49. The van der Waals surface area contributed by atoms with Crippen molar-refractivity contribution in [3.05, 3.63) is 0 Å². The van der Waals surface area contributed by atoms with E-state index in [-0.39, 0.29) is 0 Å². The van der Waals surface area contributed by atoms with Crippen LogP contribution in [0.3, 0.4) is 0 Å². The highest BCUT2D eigenvalue weighted by Crippen LogP contribution is 2.18. The van der Waals surface area contributed by atoms with Gasteiger partial charge in [0.2, 0.25) is 0 Å². The molecule has 0 radical (unpaired) electrons. The monoisotopic (exact) mass is 306 g/mol. The number of piperazine rings is 1. The van der Waals surface area contributed by atoms with Gasteiger partial charge in [0, 0.05) is 26.2 Å². The summed E-state index contributed by atoms with van der Waals surface area (Å²) < 4.78 is 36.9. The van der Waals surface area contributed by atoms with E-state index < -0.39 is 18.3 Å². The van der Waals surface area contributed by atoms with Crippen LogP contribution >= 0.6 is 0 Å². The van der Waals surface area contributed by atoms with E-state index in [0.717, 1.165) is 25.9 Å². The second-order valence-corrected chi connectivity index (χ2v) is 5.81. The molecular formula is C14H25F3N4. The fourth-order valence-corrected chi connectivity index (χ4v) is 2.65. The minimum atomic E-state index is -4.11. The Morgan fingerprint density at radius 3 is 2.19 bits per heavy atom. The van der Waals surface area contributed by atoms with E-state index in [1.807, 2.05) is 13.8 Å². The van der Waals surface area contributed by atoms with Crippen LogP contribution in [-0.4, -0.2) is 67.3 Å². The summed E-state index contributed by atoms with van der Waals surface area (Å²) in [6, 6.07) is 2.29. The van der Waals surface area contributed by atoms with E-state index in [4.69, 9.17) is 5.26 Å². The van der Waals surface area contributed by atoms with Gasteiger partial charge in [0.25, 0.3) is 0 Å². The van der Waals surface area contributed by atoms with E-state index in [1.54, 1.807) is 0 Å². The Labute approximate surface area is 124 Å². The molecule has 1 rings (SSSR count). The number of hydrogen-bond donors (Lipinski definition) is 1. The maximum absolute atomic E-state index is 12.3. The minimum Gasteiger partial charge on any atom is -0.301 e. The molecule has 1 unspecified atom stereocenters. The normalized spacial score (nSPS) is 21.0. The third-order valence-corrected chi connectivity index (χ3v) is 3.83. The summed E-state index contributed by atoms with van der Waals surface area (Å²) in [4.78, 5) is 3.63. The number of nitrogens with one attached hydrogen (secondary N) is 1. The molecule has 4 nitrogen and oxygen atoms in total. The molecule has 1 N–H and O–H groups in total. The number of halogens is 3. The first-order valence-corrected chi connectivity index (χ1v) is 7.46. The molecular weight excluding hydrogens is 281 g/mol.